The maximum atomic E-state index is 5.95. The highest BCUT2D eigenvalue weighted by atomic mass is 16.4. The first-order valence-electron chi connectivity index (χ1n) is 13.2. The van der Waals surface area contributed by atoms with Gasteiger partial charge in [-0.2, -0.15) is 0 Å². The first kappa shape index (κ1) is 23.6. The van der Waals surface area contributed by atoms with Gasteiger partial charge in [0.15, 0.2) is 11.2 Å². The molecule has 0 aliphatic carbocycles. The zero-order valence-electron chi connectivity index (χ0n) is 21.6. The molecule has 0 atom stereocenters. The fraction of sp³-hybridized carbons (Fsp3) is 0. The van der Waals surface area contributed by atoms with Gasteiger partial charge < -0.3 is 8.83 Å². The Labute approximate surface area is 231 Å². The average molecular weight is 517 g/mol. The van der Waals surface area contributed by atoms with Crippen molar-refractivity contribution in [2.45, 2.75) is 0 Å². The molecule has 5 aromatic carbocycles. The largest absolute Gasteiger partial charge is 0.437 e. The standard InChI is InChI=1S/C36H24N2O2/c1-3-10-27(11-4-1)29-16-18-33-31(23-29)37-35(39-33)20-14-25-8-7-9-26(22-25)15-21-36-38-32-24-30(17-19-34(32)40-36)28-12-5-2-6-13-28/h1-24H/b20-14+,21-15+. The summed E-state index contributed by atoms with van der Waals surface area (Å²) in [5.41, 5.74) is 9.85. The van der Waals surface area contributed by atoms with Crippen LogP contribution in [-0.4, -0.2) is 9.97 Å². The third kappa shape index (κ3) is 4.98. The molecule has 0 amide bonds. The Hall–Kier alpha value is -5.48. The normalized spacial score (nSPS) is 11.8. The maximum Gasteiger partial charge on any atom is 0.220 e. The van der Waals surface area contributed by atoms with E-state index < -0.39 is 0 Å². The minimum Gasteiger partial charge on any atom is -0.437 e. The van der Waals surface area contributed by atoms with Crippen LogP contribution >= 0.6 is 0 Å². The second-order valence-electron chi connectivity index (χ2n) is 9.54. The Kier molecular flexibility index (Phi) is 6.11. The van der Waals surface area contributed by atoms with Crippen molar-refractivity contribution in [3.05, 3.63) is 144 Å². The van der Waals surface area contributed by atoms with Crippen molar-refractivity contribution in [1.29, 1.82) is 0 Å². The predicted octanol–water partition coefficient (Wildman–Crippen LogP) is 9.64. The third-order valence-corrected chi connectivity index (χ3v) is 6.77. The molecule has 7 rings (SSSR count). The van der Waals surface area contributed by atoms with E-state index in [2.05, 4.69) is 76.7 Å². The molecule has 0 saturated carbocycles. The molecule has 0 saturated heterocycles. The number of benzene rings is 5. The van der Waals surface area contributed by atoms with Gasteiger partial charge in [0.05, 0.1) is 0 Å². The molecular formula is C36H24N2O2. The molecule has 2 heterocycles. The number of oxazole rings is 2. The Morgan fingerprint density at radius 1 is 0.400 bits per heavy atom. The van der Waals surface area contributed by atoms with E-state index in [1.54, 1.807) is 0 Å². The van der Waals surface area contributed by atoms with Crippen LogP contribution in [0.2, 0.25) is 0 Å². The molecule has 7 aromatic rings. The van der Waals surface area contributed by atoms with Gasteiger partial charge in [0.25, 0.3) is 0 Å². The van der Waals surface area contributed by atoms with Crippen molar-refractivity contribution < 1.29 is 8.83 Å². The molecule has 2 aromatic heterocycles. The highest BCUT2D eigenvalue weighted by Crippen LogP contribution is 2.27. The van der Waals surface area contributed by atoms with Gasteiger partial charge in [0.1, 0.15) is 11.0 Å². The number of aromatic nitrogens is 2. The number of rotatable bonds is 6. The van der Waals surface area contributed by atoms with Crippen molar-refractivity contribution in [2.24, 2.45) is 0 Å². The molecule has 0 unspecified atom stereocenters. The van der Waals surface area contributed by atoms with Gasteiger partial charge in [-0.1, -0.05) is 91.0 Å². The molecule has 0 aliphatic heterocycles. The molecule has 4 nitrogen and oxygen atoms in total. The van der Waals surface area contributed by atoms with Gasteiger partial charge in [-0.15, -0.1) is 0 Å². The quantitative estimate of drug-likeness (QED) is 0.221. The second-order valence-corrected chi connectivity index (χ2v) is 9.54. The Morgan fingerprint density at radius 3 is 1.35 bits per heavy atom. The van der Waals surface area contributed by atoms with Crippen molar-refractivity contribution in [3.63, 3.8) is 0 Å². The van der Waals surface area contributed by atoms with Crippen molar-refractivity contribution in [1.82, 2.24) is 9.97 Å². The topological polar surface area (TPSA) is 52.1 Å². The summed E-state index contributed by atoms with van der Waals surface area (Å²) in [4.78, 5) is 9.34. The number of hydrogen-bond acceptors (Lipinski definition) is 4. The van der Waals surface area contributed by atoms with Crippen molar-refractivity contribution in [2.75, 3.05) is 0 Å². The summed E-state index contributed by atoms with van der Waals surface area (Å²) in [7, 11) is 0. The first-order valence-corrected chi connectivity index (χ1v) is 13.2. The fourth-order valence-electron chi connectivity index (χ4n) is 4.75. The molecule has 0 bridgehead atoms. The molecule has 40 heavy (non-hydrogen) atoms. The van der Waals surface area contributed by atoms with Crippen LogP contribution < -0.4 is 0 Å². The van der Waals surface area contributed by atoms with Crippen LogP contribution in [0.3, 0.4) is 0 Å². The molecule has 0 fully saturated rings. The van der Waals surface area contributed by atoms with Crippen LogP contribution in [0.25, 0.3) is 68.8 Å². The van der Waals surface area contributed by atoms with E-state index in [-0.39, 0.29) is 0 Å². The van der Waals surface area contributed by atoms with Crippen LogP contribution in [0.1, 0.15) is 22.9 Å². The lowest BCUT2D eigenvalue weighted by molar-refractivity contribution is 0.589. The maximum absolute atomic E-state index is 5.95. The van der Waals surface area contributed by atoms with E-state index >= 15 is 0 Å². The molecule has 0 aliphatic rings. The summed E-state index contributed by atoms with van der Waals surface area (Å²) in [5, 5.41) is 0. The summed E-state index contributed by atoms with van der Waals surface area (Å²) in [6, 6.07) is 41.0. The van der Waals surface area contributed by atoms with E-state index in [4.69, 9.17) is 8.83 Å². The molecule has 190 valence electrons. The van der Waals surface area contributed by atoms with Gasteiger partial charge in [-0.25, -0.2) is 9.97 Å². The Bertz CT molecular complexity index is 1850. The van der Waals surface area contributed by atoms with Gasteiger partial charge in [0.2, 0.25) is 11.8 Å². The molecular weight excluding hydrogens is 492 g/mol. The van der Waals surface area contributed by atoms with E-state index in [0.717, 1.165) is 55.6 Å². The first-order chi connectivity index (χ1) is 19.8. The van der Waals surface area contributed by atoms with Gasteiger partial charge in [0, 0.05) is 12.2 Å². The summed E-state index contributed by atoms with van der Waals surface area (Å²) in [6.45, 7) is 0. The molecule has 0 spiro atoms. The number of hydrogen-bond donors (Lipinski definition) is 0. The summed E-state index contributed by atoms with van der Waals surface area (Å²) < 4.78 is 11.9. The monoisotopic (exact) mass is 516 g/mol. The third-order valence-electron chi connectivity index (χ3n) is 6.77. The van der Waals surface area contributed by atoms with Gasteiger partial charge in [-0.05, 0) is 75.9 Å². The fourth-order valence-corrected chi connectivity index (χ4v) is 4.75. The SMILES string of the molecule is C(=C\c1nc2cc(-c3ccccc3)ccc2o1)/c1cccc(/C=C/c2nc3cc(-c4ccccc4)ccc3o2)c1. The Balaban J connectivity index is 1.08. The second kappa shape index (κ2) is 10.4. The number of nitrogens with zero attached hydrogens (tertiary/aromatic N) is 2. The van der Waals surface area contributed by atoms with Crippen LogP contribution in [-0.2, 0) is 0 Å². The van der Waals surface area contributed by atoms with E-state index in [1.807, 2.05) is 78.9 Å². The highest BCUT2D eigenvalue weighted by molar-refractivity contribution is 5.83. The van der Waals surface area contributed by atoms with E-state index in [1.165, 1.54) is 0 Å². The van der Waals surface area contributed by atoms with Crippen molar-refractivity contribution in [3.8, 4) is 22.3 Å². The lowest BCUT2D eigenvalue weighted by Gasteiger charge is -1.99. The zero-order valence-corrected chi connectivity index (χ0v) is 21.6. The average Bonchev–Trinajstić information content (AvgIpc) is 3.63. The van der Waals surface area contributed by atoms with Crippen LogP contribution in [0.5, 0.6) is 0 Å². The number of fused-ring (bicyclic) bond motifs is 2. The zero-order chi connectivity index (χ0) is 26.7. The van der Waals surface area contributed by atoms with Crippen LogP contribution in [0, 0.1) is 0 Å². The van der Waals surface area contributed by atoms with Crippen LogP contribution in [0.15, 0.2) is 130 Å². The lowest BCUT2D eigenvalue weighted by atomic mass is 10.1. The van der Waals surface area contributed by atoms with Gasteiger partial charge in [-0.3, -0.25) is 0 Å². The minimum atomic E-state index is 0.572. The van der Waals surface area contributed by atoms with E-state index in [9.17, 15) is 0 Å². The molecule has 0 N–H and O–H groups in total. The summed E-state index contributed by atoms with van der Waals surface area (Å²) in [5.74, 6) is 1.14. The Morgan fingerprint density at radius 2 is 0.875 bits per heavy atom. The van der Waals surface area contributed by atoms with E-state index in [0.29, 0.717) is 11.8 Å². The molecule has 0 radical (unpaired) electrons. The smallest absolute Gasteiger partial charge is 0.220 e. The predicted molar refractivity (Wildman–Crippen MR) is 163 cm³/mol. The summed E-state index contributed by atoms with van der Waals surface area (Å²) >= 11 is 0. The van der Waals surface area contributed by atoms with Gasteiger partial charge >= 0.3 is 0 Å². The highest BCUT2D eigenvalue weighted by Gasteiger charge is 2.07. The summed E-state index contributed by atoms with van der Waals surface area (Å²) in [6.07, 6.45) is 7.81. The van der Waals surface area contributed by atoms with Crippen molar-refractivity contribution >= 4 is 46.5 Å². The minimum absolute atomic E-state index is 0.572. The van der Waals surface area contributed by atoms with Crippen LogP contribution in [0.4, 0.5) is 0 Å². The lowest BCUT2D eigenvalue weighted by Crippen LogP contribution is -1.78. The molecule has 4 heteroatoms.